The summed E-state index contributed by atoms with van der Waals surface area (Å²) >= 11 is 0. The molecule has 0 aliphatic rings. The summed E-state index contributed by atoms with van der Waals surface area (Å²) in [7, 11) is -4.41. The van der Waals surface area contributed by atoms with Gasteiger partial charge in [-0.3, -0.25) is 4.18 Å². The minimum absolute atomic E-state index is 0. The molecule has 0 aromatic rings. The zero-order chi connectivity index (χ0) is 8.20. The molecule has 0 aliphatic carbocycles. The fourth-order valence-corrected chi connectivity index (χ4v) is 0.564. The molecule has 0 aromatic carbocycles. The summed E-state index contributed by atoms with van der Waals surface area (Å²) in [5, 5.41) is 5.93. The van der Waals surface area contributed by atoms with Gasteiger partial charge in [0.1, 0.15) is 0 Å². The van der Waals surface area contributed by atoms with E-state index in [4.69, 9.17) is 5.11 Å². The standard InChI is InChI=1S/C4H6O5S.Na/c1-2-3-9-10(7,8)4(5)6;/h2H,1,3H2,(H,5,6);. The van der Waals surface area contributed by atoms with E-state index in [0.717, 1.165) is 6.08 Å². The van der Waals surface area contributed by atoms with Crippen molar-refractivity contribution in [2.24, 2.45) is 0 Å². The van der Waals surface area contributed by atoms with Crippen LogP contribution in [0.1, 0.15) is 0 Å². The summed E-state index contributed by atoms with van der Waals surface area (Å²) in [6, 6.07) is 0. The first-order valence-electron chi connectivity index (χ1n) is 2.24. The zero-order valence-corrected chi connectivity index (χ0v) is 8.80. The van der Waals surface area contributed by atoms with Gasteiger partial charge in [-0.15, -0.1) is 6.58 Å². The van der Waals surface area contributed by atoms with Crippen molar-refractivity contribution in [1.82, 2.24) is 0 Å². The van der Waals surface area contributed by atoms with Crippen LogP contribution in [0.3, 0.4) is 0 Å². The Hall–Kier alpha value is 0.120. The molecule has 1 radical (unpaired) electrons. The van der Waals surface area contributed by atoms with Crippen LogP contribution in [0, 0.1) is 0 Å². The molecule has 1 N–H and O–H groups in total. The van der Waals surface area contributed by atoms with Crippen molar-refractivity contribution >= 4 is 45.0 Å². The Morgan fingerprint density at radius 3 is 2.36 bits per heavy atom. The Kier molecular flexibility index (Phi) is 7.13. The minimum Gasteiger partial charge on any atom is -0.468 e. The first-order chi connectivity index (χ1) is 4.50. The van der Waals surface area contributed by atoms with Gasteiger partial charge in [-0.2, -0.15) is 8.42 Å². The molecule has 0 heterocycles. The van der Waals surface area contributed by atoms with Crippen molar-refractivity contribution in [3.63, 3.8) is 0 Å². The third-order valence-corrected chi connectivity index (χ3v) is 1.43. The zero-order valence-electron chi connectivity index (χ0n) is 5.98. The van der Waals surface area contributed by atoms with Crippen LogP contribution in [0.5, 0.6) is 0 Å². The summed E-state index contributed by atoms with van der Waals surface area (Å²) in [5.41, 5.74) is 0. The first kappa shape index (κ1) is 13.7. The van der Waals surface area contributed by atoms with E-state index in [1.165, 1.54) is 0 Å². The summed E-state index contributed by atoms with van der Waals surface area (Å²) < 4.78 is 24.3. The first-order valence-corrected chi connectivity index (χ1v) is 3.65. The van der Waals surface area contributed by atoms with E-state index in [0.29, 0.717) is 0 Å². The molecule has 0 amide bonds. The van der Waals surface area contributed by atoms with E-state index in [2.05, 4.69) is 10.8 Å². The van der Waals surface area contributed by atoms with Gasteiger partial charge in [0, 0.05) is 29.6 Å². The SMILES string of the molecule is C=CCOS(=O)(=O)C(=O)O.[Na]. The van der Waals surface area contributed by atoms with Crippen molar-refractivity contribution in [1.29, 1.82) is 0 Å². The minimum atomic E-state index is -4.41. The normalized spacial score (nSPS) is 9.82. The number of hydrogen-bond acceptors (Lipinski definition) is 4. The van der Waals surface area contributed by atoms with Gasteiger partial charge in [-0.25, -0.2) is 4.79 Å². The van der Waals surface area contributed by atoms with E-state index >= 15 is 0 Å². The summed E-state index contributed by atoms with van der Waals surface area (Å²) in [6.45, 7) is 2.82. The summed E-state index contributed by atoms with van der Waals surface area (Å²) in [4.78, 5) is 9.78. The average molecular weight is 189 g/mol. The largest absolute Gasteiger partial charge is 0.468 e. The van der Waals surface area contributed by atoms with Crippen molar-refractivity contribution in [3.05, 3.63) is 12.7 Å². The van der Waals surface area contributed by atoms with Gasteiger partial charge in [-0.05, 0) is 0 Å². The van der Waals surface area contributed by atoms with Crippen molar-refractivity contribution in [2.45, 2.75) is 0 Å². The van der Waals surface area contributed by atoms with Crippen LogP contribution in [0.2, 0.25) is 0 Å². The van der Waals surface area contributed by atoms with Gasteiger partial charge in [0.2, 0.25) is 0 Å². The van der Waals surface area contributed by atoms with Crippen molar-refractivity contribution in [2.75, 3.05) is 6.61 Å². The van der Waals surface area contributed by atoms with E-state index in [9.17, 15) is 13.2 Å². The molecule has 11 heavy (non-hydrogen) atoms. The van der Waals surface area contributed by atoms with Crippen molar-refractivity contribution < 1.29 is 22.5 Å². The van der Waals surface area contributed by atoms with Gasteiger partial charge >= 0.3 is 15.4 Å². The smallest absolute Gasteiger partial charge is 0.449 e. The second kappa shape index (κ2) is 5.73. The van der Waals surface area contributed by atoms with Crippen LogP contribution >= 0.6 is 0 Å². The molecule has 0 aromatic heterocycles. The van der Waals surface area contributed by atoms with Crippen LogP contribution in [0.4, 0.5) is 4.79 Å². The maximum absolute atomic E-state index is 10.2. The fraction of sp³-hybridized carbons (Fsp3) is 0.250. The maximum atomic E-state index is 10.2. The van der Waals surface area contributed by atoms with Gasteiger partial charge in [0.05, 0.1) is 6.61 Å². The molecule has 0 unspecified atom stereocenters. The third kappa shape index (κ3) is 5.40. The molecule has 59 valence electrons. The predicted molar refractivity (Wildman–Crippen MR) is 38.8 cm³/mol. The van der Waals surface area contributed by atoms with E-state index < -0.39 is 15.4 Å². The van der Waals surface area contributed by atoms with Gasteiger partial charge in [0.25, 0.3) is 0 Å². The Bertz CT molecular complexity index is 231. The van der Waals surface area contributed by atoms with Crippen LogP contribution in [-0.4, -0.2) is 55.0 Å². The quantitative estimate of drug-likeness (QED) is 0.378. The molecule has 0 spiro atoms. The van der Waals surface area contributed by atoms with Gasteiger partial charge in [0.15, 0.2) is 0 Å². The van der Waals surface area contributed by atoms with Gasteiger partial charge < -0.3 is 5.11 Å². The Morgan fingerprint density at radius 2 is 2.09 bits per heavy atom. The molecule has 0 rings (SSSR count). The van der Waals surface area contributed by atoms with E-state index in [1.807, 2.05) is 0 Å². The van der Waals surface area contributed by atoms with Crippen LogP contribution < -0.4 is 0 Å². The van der Waals surface area contributed by atoms with E-state index in [-0.39, 0.29) is 36.2 Å². The molecule has 0 fully saturated rings. The fourth-order valence-electron chi connectivity index (χ4n) is 0.188. The Morgan fingerprint density at radius 1 is 1.64 bits per heavy atom. The Balaban J connectivity index is 0. The predicted octanol–water partition coefficient (Wildman–Crippen LogP) is -0.184. The van der Waals surface area contributed by atoms with E-state index in [1.54, 1.807) is 0 Å². The molecule has 5 nitrogen and oxygen atoms in total. The molecular formula is C4H6NaO5S. The molecule has 0 aliphatic heterocycles. The second-order valence-electron chi connectivity index (χ2n) is 1.29. The number of carboxylic acid groups (broad SMARTS) is 1. The third-order valence-electron chi connectivity index (χ3n) is 0.555. The number of hydrogen-bond donors (Lipinski definition) is 1. The van der Waals surface area contributed by atoms with Crippen LogP contribution in [-0.2, 0) is 14.3 Å². The second-order valence-corrected chi connectivity index (χ2v) is 2.79. The molecular weight excluding hydrogens is 183 g/mol. The molecule has 0 atom stereocenters. The van der Waals surface area contributed by atoms with Crippen LogP contribution in [0.25, 0.3) is 0 Å². The van der Waals surface area contributed by atoms with Crippen molar-refractivity contribution in [3.8, 4) is 0 Å². The monoisotopic (exact) mass is 189 g/mol. The number of carbonyl (C=O) groups is 1. The molecule has 0 saturated carbocycles. The number of rotatable bonds is 3. The molecule has 0 bridgehead atoms. The molecule has 7 heteroatoms. The summed E-state index contributed by atoms with van der Waals surface area (Å²) in [6.07, 6.45) is 1.14. The summed E-state index contributed by atoms with van der Waals surface area (Å²) in [5.74, 6) is 0. The Labute approximate surface area is 86.5 Å². The maximum Gasteiger partial charge on any atom is 0.449 e. The average Bonchev–Trinajstić information content (AvgIpc) is 1.84. The molecule has 0 saturated heterocycles. The topological polar surface area (TPSA) is 80.7 Å². The van der Waals surface area contributed by atoms with Crippen LogP contribution in [0.15, 0.2) is 12.7 Å². The van der Waals surface area contributed by atoms with Gasteiger partial charge in [-0.1, -0.05) is 6.08 Å².